The van der Waals surface area contributed by atoms with E-state index in [9.17, 15) is 0 Å². The molecule has 0 saturated carbocycles. The van der Waals surface area contributed by atoms with Gasteiger partial charge >= 0.3 is 0 Å². The van der Waals surface area contributed by atoms with E-state index in [0.29, 0.717) is 6.73 Å². The lowest BCUT2D eigenvalue weighted by Crippen LogP contribution is -2.22. The summed E-state index contributed by atoms with van der Waals surface area (Å²) < 4.78 is 9.91. The molecule has 0 unspecified atom stereocenters. The fourth-order valence-corrected chi connectivity index (χ4v) is 3.17. The molecule has 0 aliphatic heterocycles. The monoisotopic (exact) mass is 339 g/mol. The van der Waals surface area contributed by atoms with Gasteiger partial charge < -0.3 is 4.74 Å². The Morgan fingerprint density at radius 1 is 1.08 bits per heavy atom. The van der Waals surface area contributed by atoms with Crippen molar-refractivity contribution in [2.75, 3.05) is 6.61 Å². The number of hydrogen-bond acceptors (Lipinski definition) is 2. The third-order valence-corrected chi connectivity index (χ3v) is 5.57. The van der Waals surface area contributed by atoms with E-state index >= 15 is 0 Å². The summed E-state index contributed by atoms with van der Waals surface area (Å²) in [5, 5.41) is 0. The summed E-state index contributed by atoms with van der Waals surface area (Å²) in [6.45, 7) is 8.47. The van der Waals surface area contributed by atoms with Gasteiger partial charge in [0.15, 0.2) is 0 Å². The lowest BCUT2D eigenvalue weighted by Gasteiger charge is -2.15. The van der Waals surface area contributed by atoms with Gasteiger partial charge in [0.1, 0.15) is 6.73 Å². The quantitative estimate of drug-likeness (QED) is 0.465. The molecule has 0 aliphatic carbocycles. The molecule has 4 nitrogen and oxygen atoms in total. The van der Waals surface area contributed by atoms with E-state index in [2.05, 4.69) is 42.8 Å². The molecular weight excluding hydrogens is 314 g/mol. The first-order valence-corrected chi connectivity index (χ1v) is 12.1. The van der Waals surface area contributed by atoms with E-state index in [-0.39, 0.29) is 0 Å². The number of aromatic nitrogens is 3. The first-order chi connectivity index (χ1) is 11.5. The summed E-state index contributed by atoms with van der Waals surface area (Å²) in [4.78, 5) is 4.68. The zero-order valence-electron chi connectivity index (χ0n) is 14.6. The Morgan fingerprint density at radius 2 is 1.88 bits per heavy atom. The lowest BCUT2D eigenvalue weighted by molar-refractivity contribution is 0.0896. The molecule has 0 aliphatic rings. The Morgan fingerprint density at radius 3 is 2.62 bits per heavy atom. The van der Waals surface area contributed by atoms with Crippen LogP contribution in [0.1, 0.15) is 11.3 Å². The number of benzene rings is 1. The molecule has 24 heavy (non-hydrogen) atoms. The molecule has 0 bridgehead atoms. The van der Waals surface area contributed by atoms with Gasteiger partial charge in [0.2, 0.25) is 5.78 Å². The van der Waals surface area contributed by atoms with E-state index in [0.717, 1.165) is 18.1 Å². The second kappa shape index (κ2) is 7.19. The number of fused-ring (bicyclic) bond motifs is 1. The molecule has 0 N–H and O–H groups in total. The Hall–Kier alpha value is -2.11. The highest BCUT2D eigenvalue weighted by Gasteiger charge is 2.12. The minimum atomic E-state index is -1.04. The van der Waals surface area contributed by atoms with Crippen molar-refractivity contribution in [3.05, 3.63) is 60.2 Å². The SMILES string of the molecule is C[Si](C)(C)CCOCn1ccn2cc(/C=C/c3ccccc3)nc12. The largest absolute Gasteiger partial charge is 0.361 e. The van der Waals surface area contributed by atoms with Crippen LogP contribution in [0.2, 0.25) is 25.7 Å². The summed E-state index contributed by atoms with van der Waals surface area (Å²) >= 11 is 0. The van der Waals surface area contributed by atoms with Crippen LogP contribution in [0.4, 0.5) is 0 Å². The Balaban J connectivity index is 1.64. The van der Waals surface area contributed by atoms with Gasteiger partial charge in [-0.1, -0.05) is 56.0 Å². The zero-order valence-corrected chi connectivity index (χ0v) is 15.6. The van der Waals surface area contributed by atoms with Crippen LogP contribution in [0.3, 0.4) is 0 Å². The lowest BCUT2D eigenvalue weighted by atomic mass is 10.2. The average molecular weight is 340 g/mol. The Kier molecular flexibility index (Phi) is 5.02. The Bertz CT molecular complexity index is 812. The molecule has 3 aromatic rings. The van der Waals surface area contributed by atoms with E-state index in [1.807, 2.05) is 51.8 Å². The average Bonchev–Trinajstić information content (AvgIpc) is 3.10. The van der Waals surface area contributed by atoms with Gasteiger partial charge in [0.25, 0.3) is 0 Å². The van der Waals surface area contributed by atoms with Gasteiger partial charge in [0, 0.05) is 33.3 Å². The standard InChI is InChI=1S/C19H25N3OSi/c1-24(2,3)14-13-23-16-22-12-11-21-15-18(20-19(21)22)10-9-17-7-5-4-6-8-17/h4-12,15H,13-14,16H2,1-3H3/b10-9+. The molecule has 0 atom stereocenters. The summed E-state index contributed by atoms with van der Waals surface area (Å²) in [6, 6.07) is 11.4. The van der Waals surface area contributed by atoms with Crippen LogP contribution in [0.15, 0.2) is 48.9 Å². The van der Waals surface area contributed by atoms with Crippen molar-refractivity contribution in [2.45, 2.75) is 32.4 Å². The fraction of sp³-hybridized carbons (Fsp3) is 0.316. The molecule has 2 heterocycles. The second-order valence-electron chi connectivity index (χ2n) is 7.23. The molecule has 0 fully saturated rings. The highest BCUT2D eigenvalue weighted by molar-refractivity contribution is 6.76. The minimum absolute atomic E-state index is 0.555. The van der Waals surface area contributed by atoms with E-state index in [4.69, 9.17) is 4.74 Å². The molecular formula is C19H25N3OSi. The number of nitrogens with zero attached hydrogens (tertiary/aromatic N) is 3. The molecule has 1 aromatic carbocycles. The first-order valence-electron chi connectivity index (χ1n) is 8.36. The minimum Gasteiger partial charge on any atom is -0.361 e. The maximum atomic E-state index is 5.83. The fourth-order valence-electron chi connectivity index (χ4n) is 2.41. The predicted molar refractivity (Wildman–Crippen MR) is 103 cm³/mol. The van der Waals surface area contributed by atoms with Gasteiger partial charge in [-0.3, -0.25) is 8.97 Å². The van der Waals surface area contributed by atoms with Crippen LogP contribution < -0.4 is 0 Å². The maximum Gasteiger partial charge on any atom is 0.216 e. The molecule has 0 spiro atoms. The van der Waals surface area contributed by atoms with Crippen molar-refractivity contribution in [3.8, 4) is 0 Å². The summed E-state index contributed by atoms with van der Waals surface area (Å²) in [5.74, 6) is 0.913. The third-order valence-electron chi connectivity index (χ3n) is 3.87. The molecule has 5 heteroatoms. The number of imidazole rings is 2. The van der Waals surface area contributed by atoms with Crippen LogP contribution in [0.5, 0.6) is 0 Å². The summed E-state index contributed by atoms with van der Waals surface area (Å²) in [5.41, 5.74) is 2.12. The molecule has 0 amide bonds. The van der Waals surface area contributed by atoms with Gasteiger partial charge in [-0.05, 0) is 17.7 Å². The topological polar surface area (TPSA) is 31.5 Å². The van der Waals surface area contributed by atoms with Crippen LogP contribution >= 0.6 is 0 Å². The van der Waals surface area contributed by atoms with Gasteiger partial charge in [-0.15, -0.1) is 0 Å². The van der Waals surface area contributed by atoms with Crippen LogP contribution in [0, 0.1) is 0 Å². The molecule has 2 aromatic heterocycles. The summed E-state index contributed by atoms with van der Waals surface area (Å²) in [6.07, 6.45) is 10.2. The van der Waals surface area contributed by atoms with Crippen molar-refractivity contribution in [3.63, 3.8) is 0 Å². The van der Waals surface area contributed by atoms with Gasteiger partial charge in [-0.25, -0.2) is 4.98 Å². The van der Waals surface area contributed by atoms with Crippen LogP contribution in [-0.2, 0) is 11.5 Å². The van der Waals surface area contributed by atoms with Gasteiger partial charge in [0.05, 0.1) is 5.69 Å². The van der Waals surface area contributed by atoms with Crippen molar-refractivity contribution in [1.29, 1.82) is 0 Å². The van der Waals surface area contributed by atoms with E-state index < -0.39 is 8.07 Å². The first kappa shape index (κ1) is 16.7. The molecule has 0 saturated heterocycles. The predicted octanol–water partition coefficient (Wildman–Crippen LogP) is 4.62. The third kappa shape index (κ3) is 4.46. The van der Waals surface area contributed by atoms with Crippen molar-refractivity contribution in [2.24, 2.45) is 0 Å². The summed E-state index contributed by atoms with van der Waals surface area (Å²) in [7, 11) is -1.04. The van der Waals surface area contributed by atoms with Crippen LogP contribution in [-0.4, -0.2) is 28.6 Å². The normalized spacial score (nSPS) is 12.5. The molecule has 0 radical (unpaired) electrons. The van der Waals surface area contributed by atoms with Gasteiger partial charge in [-0.2, -0.15) is 0 Å². The van der Waals surface area contributed by atoms with Crippen LogP contribution in [0.25, 0.3) is 17.9 Å². The maximum absolute atomic E-state index is 5.83. The second-order valence-corrected chi connectivity index (χ2v) is 12.9. The van der Waals surface area contributed by atoms with Crippen molar-refractivity contribution >= 4 is 26.0 Å². The van der Waals surface area contributed by atoms with Crippen molar-refractivity contribution in [1.82, 2.24) is 14.0 Å². The number of hydrogen-bond donors (Lipinski definition) is 0. The number of ether oxygens (including phenoxy) is 1. The smallest absolute Gasteiger partial charge is 0.216 e. The van der Waals surface area contributed by atoms with E-state index in [1.165, 1.54) is 11.6 Å². The Labute approximate surface area is 144 Å². The highest BCUT2D eigenvalue weighted by atomic mass is 28.3. The number of rotatable bonds is 7. The highest BCUT2D eigenvalue weighted by Crippen LogP contribution is 2.12. The van der Waals surface area contributed by atoms with E-state index in [1.54, 1.807) is 0 Å². The van der Waals surface area contributed by atoms with Crippen molar-refractivity contribution < 1.29 is 4.74 Å². The zero-order chi connectivity index (χ0) is 17.0. The molecule has 126 valence electrons. The molecule has 3 rings (SSSR count).